The topological polar surface area (TPSA) is 139 Å². The number of ether oxygens (including phenoxy) is 2. The highest BCUT2D eigenvalue weighted by Gasteiger charge is 2.43. The van der Waals surface area contributed by atoms with Crippen molar-refractivity contribution in [2.75, 3.05) is 39.2 Å². The zero-order valence-corrected chi connectivity index (χ0v) is 26.1. The molecular weight excluding hydrogens is 584 g/mol. The maximum absolute atomic E-state index is 13.3. The fourth-order valence-electron chi connectivity index (χ4n) is 5.71. The van der Waals surface area contributed by atoms with Crippen LogP contribution >= 0.6 is 0 Å². The summed E-state index contributed by atoms with van der Waals surface area (Å²) in [4.78, 5) is 16.0. The number of rotatable bonds is 12. The molecule has 0 amide bonds. The Bertz CT molecular complexity index is 1710. The number of benzene rings is 3. The molecule has 0 unspecified atom stereocenters. The summed E-state index contributed by atoms with van der Waals surface area (Å²) in [5.41, 5.74) is 2.59. The van der Waals surface area contributed by atoms with Gasteiger partial charge in [0.1, 0.15) is 18.0 Å². The molecule has 1 aliphatic rings. The third kappa shape index (κ3) is 7.02. The van der Waals surface area contributed by atoms with E-state index in [4.69, 9.17) is 9.47 Å². The molecule has 44 heavy (non-hydrogen) atoms. The third-order valence-corrected chi connectivity index (χ3v) is 9.29. The molecule has 13 heteroatoms. The van der Waals surface area contributed by atoms with Gasteiger partial charge in [-0.2, -0.15) is 0 Å². The van der Waals surface area contributed by atoms with E-state index in [1.165, 1.54) is 6.92 Å². The number of esters is 1. The zero-order chi connectivity index (χ0) is 31.4. The van der Waals surface area contributed by atoms with Gasteiger partial charge in [-0.1, -0.05) is 41.6 Å². The number of β-amino-alcohol motifs (C(OH)–C–C–N with tert-alkyl or cyclic N) is 1. The minimum absolute atomic E-state index is 0.117. The van der Waals surface area contributed by atoms with E-state index in [0.29, 0.717) is 30.6 Å². The summed E-state index contributed by atoms with van der Waals surface area (Å²) in [6.45, 7) is 2.39. The average Bonchev–Trinajstić information content (AvgIpc) is 3.55. The van der Waals surface area contributed by atoms with Gasteiger partial charge in [0.25, 0.3) is 0 Å². The van der Waals surface area contributed by atoms with Crippen molar-refractivity contribution in [3.05, 3.63) is 78.1 Å². The number of hydrogen-bond acceptors (Lipinski definition) is 10. The highest BCUT2D eigenvalue weighted by Crippen LogP contribution is 2.30. The Hall–Kier alpha value is -4.04. The highest BCUT2D eigenvalue weighted by atomic mass is 32.2. The SMILES string of the molecule is COc1ccc(C[C@@H]2[C@H](OC(C)=O)[C@@H](O)CN2Cc2cn(CCNS(=O)(=O)c3cccc4c(N(C)C)cccc34)nn2)cc1. The van der Waals surface area contributed by atoms with Gasteiger partial charge < -0.3 is 19.5 Å². The summed E-state index contributed by atoms with van der Waals surface area (Å²) < 4.78 is 41.6. The lowest BCUT2D eigenvalue weighted by molar-refractivity contribution is -0.151. The molecule has 1 aliphatic heterocycles. The summed E-state index contributed by atoms with van der Waals surface area (Å²) in [7, 11) is 1.66. The second-order valence-electron chi connectivity index (χ2n) is 11.1. The van der Waals surface area contributed by atoms with E-state index >= 15 is 0 Å². The van der Waals surface area contributed by atoms with Gasteiger partial charge in [0.2, 0.25) is 10.0 Å². The van der Waals surface area contributed by atoms with E-state index in [1.807, 2.05) is 72.4 Å². The number of nitrogens with zero attached hydrogens (tertiary/aromatic N) is 5. The number of nitrogens with one attached hydrogen (secondary N) is 1. The molecule has 3 atom stereocenters. The molecule has 1 saturated heterocycles. The number of aliphatic hydroxyl groups excluding tert-OH is 1. The summed E-state index contributed by atoms with van der Waals surface area (Å²) >= 11 is 0. The van der Waals surface area contributed by atoms with Crippen molar-refractivity contribution in [1.82, 2.24) is 24.6 Å². The van der Waals surface area contributed by atoms with Crippen LogP contribution in [0.5, 0.6) is 5.75 Å². The number of fused-ring (bicyclic) bond motifs is 1. The van der Waals surface area contributed by atoms with Crippen LogP contribution in [0, 0.1) is 0 Å². The maximum Gasteiger partial charge on any atom is 0.303 e. The predicted molar refractivity (Wildman–Crippen MR) is 166 cm³/mol. The lowest BCUT2D eigenvalue weighted by Gasteiger charge is -2.27. The fourth-order valence-corrected chi connectivity index (χ4v) is 6.95. The molecule has 1 fully saturated rings. The van der Waals surface area contributed by atoms with Gasteiger partial charge in [0, 0.05) is 63.3 Å². The molecule has 0 aliphatic carbocycles. The summed E-state index contributed by atoms with van der Waals surface area (Å²) in [6.07, 6.45) is 0.751. The van der Waals surface area contributed by atoms with Crippen molar-refractivity contribution in [2.45, 2.75) is 49.6 Å². The van der Waals surface area contributed by atoms with Crippen LogP contribution in [-0.2, 0) is 39.1 Å². The smallest absolute Gasteiger partial charge is 0.303 e. The predicted octanol–water partition coefficient (Wildman–Crippen LogP) is 2.20. The zero-order valence-electron chi connectivity index (χ0n) is 25.3. The molecule has 0 spiro atoms. The molecule has 5 rings (SSSR count). The first kappa shape index (κ1) is 31.4. The normalized spacial score (nSPS) is 18.9. The van der Waals surface area contributed by atoms with E-state index in [0.717, 1.165) is 22.4 Å². The molecule has 0 bridgehead atoms. The van der Waals surface area contributed by atoms with Crippen molar-refractivity contribution >= 4 is 32.5 Å². The number of aromatic nitrogens is 3. The van der Waals surface area contributed by atoms with Crippen molar-refractivity contribution in [1.29, 1.82) is 0 Å². The summed E-state index contributed by atoms with van der Waals surface area (Å²) in [5, 5.41) is 20.7. The van der Waals surface area contributed by atoms with Crippen LogP contribution in [0.25, 0.3) is 10.8 Å². The first-order valence-corrected chi connectivity index (χ1v) is 15.8. The minimum atomic E-state index is -3.79. The lowest BCUT2D eigenvalue weighted by atomic mass is 10.0. The van der Waals surface area contributed by atoms with E-state index in [1.54, 1.807) is 30.1 Å². The van der Waals surface area contributed by atoms with E-state index < -0.39 is 28.2 Å². The van der Waals surface area contributed by atoms with Gasteiger partial charge in [0.15, 0.2) is 0 Å². The first-order valence-electron chi connectivity index (χ1n) is 14.4. The maximum atomic E-state index is 13.3. The molecule has 2 heterocycles. The Labute approximate surface area is 257 Å². The van der Waals surface area contributed by atoms with E-state index in [2.05, 4.69) is 15.0 Å². The number of carbonyl (C=O) groups excluding carboxylic acids is 1. The van der Waals surface area contributed by atoms with Gasteiger partial charge in [-0.25, -0.2) is 13.1 Å². The second-order valence-corrected chi connectivity index (χ2v) is 12.8. The molecule has 12 nitrogen and oxygen atoms in total. The number of likely N-dealkylation sites (tertiary alicyclic amines) is 1. The van der Waals surface area contributed by atoms with Crippen LogP contribution < -0.4 is 14.4 Å². The molecule has 234 valence electrons. The number of sulfonamides is 1. The number of anilines is 1. The standard InChI is InChI=1S/C31H38N6O6S/c1-21(38)43-31-28(17-22-11-13-24(42-4)14-12-22)36(20-29(31)39)18-23-19-37(34-33-23)16-15-32-44(40,41)30-10-6-7-25-26(30)8-5-9-27(25)35(2)3/h5-14,19,28-29,31-32,39H,15-18,20H2,1-4H3/t28-,29+,31+/m1/s1. The van der Waals surface area contributed by atoms with Crippen LogP contribution in [-0.4, -0.2) is 91.9 Å². The molecule has 0 saturated carbocycles. The van der Waals surface area contributed by atoms with Gasteiger partial charge in [-0.3, -0.25) is 14.4 Å². The van der Waals surface area contributed by atoms with Gasteiger partial charge in [-0.15, -0.1) is 5.10 Å². The Kier molecular flexibility index (Phi) is 9.49. The fraction of sp³-hybridized carbons (Fsp3) is 0.387. The van der Waals surface area contributed by atoms with Crippen LogP contribution in [0.4, 0.5) is 5.69 Å². The van der Waals surface area contributed by atoms with Gasteiger partial charge >= 0.3 is 5.97 Å². The third-order valence-electron chi connectivity index (χ3n) is 7.77. The van der Waals surface area contributed by atoms with Gasteiger partial charge in [0.05, 0.1) is 30.3 Å². The van der Waals surface area contributed by atoms with Crippen LogP contribution in [0.1, 0.15) is 18.2 Å². The van der Waals surface area contributed by atoms with Crippen LogP contribution in [0.2, 0.25) is 0 Å². The summed E-state index contributed by atoms with van der Waals surface area (Å²) in [6, 6.07) is 18.2. The second kappa shape index (κ2) is 13.3. The van der Waals surface area contributed by atoms with Crippen molar-refractivity contribution in [3.8, 4) is 5.75 Å². The molecular formula is C31H38N6O6S. The molecule has 1 aromatic heterocycles. The monoisotopic (exact) mass is 622 g/mol. The van der Waals surface area contributed by atoms with Crippen molar-refractivity contribution < 1.29 is 27.8 Å². The number of carbonyl (C=O) groups is 1. The number of aliphatic hydroxyl groups is 1. The quantitative estimate of drug-likeness (QED) is 0.226. The largest absolute Gasteiger partial charge is 0.497 e. The highest BCUT2D eigenvalue weighted by molar-refractivity contribution is 7.89. The number of methoxy groups -OCH3 is 1. The van der Waals surface area contributed by atoms with Gasteiger partial charge in [-0.05, 0) is 36.2 Å². The molecule has 3 aromatic carbocycles. The molecule has 2 N–H and O–H groups in total. The Morgan fingerprint density at radius 1 is 1.09 bits per heavy atom. The van der Waals surface area contributed by atoms with Crippen molar-refractivity contribution in [3.63, 3.8) is 0 Å². The molecule has 4 aromatic rings. The molecule has 0 radical (unpaired) electrons. The summed E-state index contributed by atoms with van der Waals surface area (Å²) in [5.74, 6) is 0.286. The Morgan fingerprint density at radius 2 is 1.82 bits per heavy atom. The number of hydrogen-bond donors (Lipinski definition) is 2. The lowest BCUT2D eigenvalue weighted by Crippen LogP contribution is -2.40. The first-order chi connectivity index (χ1) is 21.1. The minimum Gasteiger partial charge on any atom is -0.497 e. The Balaban J connectivity index is 1.24. The van der Waals surface area contributed by atoms with E-state index in [9.17, 15) is 18.3 Å². The van der Waals surface area contributed by atoms with E-state index in [-0.39, 0.29) is 24.0 Å². The van der Waals surface area contributed by atoms with Crippen LogP contribution in [0.3, 0.4) is 0 Å². The van der Waals surface area contributed by atoms with Crippen LogP contribution in [0.15, 0.2) is 71.8 Å². The average molecular weight is 623 g/mol. The van der Waals surface area contributed by atoms with Crippen molar-refractivity contribution in [2.24, 2.45) is 0 Å². The Morgan fingerprint density at radius 3 is 2.52 bits per heavy atom.